The SMILES string of the molecule is Cc1ccc(-n2ncc(C(=O)Nc3c(C)cccc3C)c2C2CCNCC2)cc1C.Cl. The van der Waals surface area contributed by atoms with E-state index in [2.05, 4.69) is 47.8 Å². The molecule has 31 heavy (non-hydrogen) atoms. The van der Waals surface area contributed by atoms with Crippen LogP contribution >= 0.6 is 12.4 Å². The van der Waals surface area contributed by atoms with Crippen LogP contribution in [0.15, 0.2) is 42.6 Å². The molecule has 0 aliphatic carbocycles. The van der Waals surface area contributed by atoms with Crippen molar-refractivity contribution in [3.8, 4) is 5.69 Å². The van der Waals surface area contributed by atoms with Crippen LogP contribution < -0.4 is 10.6 Å². The van der Waals surface area contributed by atoms with Crippen LogP contribution in [0.5, 0.6) is 0 Å². The summed E-state index contributed by atoms with van der Waals surface area (Å²) in [6.07, 6.45) is 3.73. The minimum Gasteiger partial charge on any atom is -0.321 e. The zero-order valence-electron chi connectivity index (χ0n) is 18.7. The monoisotopic (exact) mass is 438 g/mol. The Morgan fingerprint density at radius 3 is 2.32 bits per heavy atom. The highest BCUT2D eigenvalue weighted by Gasteiger charge is 2.27. The Morgan fingerprint density at radius 2 is 1.68 bits per heavy atom. The number of hydrogen-bond donors (Lipinski definition) is 2. The van der Waals surface area contributed by atoms with E-state index < -0.39 is 0 Å². The molecular formula is C25H31ClN4O. The maximum Gasteiger partial charge on any atom is 0.259 e. The minimum absolute atomic E-state index is 0. The summed E-state index contributed by atoms with van der Waals surface area (Å²) >= 11 is 0. The molecule has 6 heteroatoms. The number of nitrogens with one attached hydrogen (secondary N) is 2. The number of halogens is 1. The summed E-state index contributed by atoms with van der Waals surface area (Å²) in [5.74, 6) is 0.213. The average molecular weight is 439 g/mol. The van der Waals surface area contributed by atoms with Crippen molar-refractivity contribution < 1.29 is 4.79 Å². The number of rotatable bonds is 4. The molecule has 4 rings (SSSR count). The average Bonchev–Trinajstić information content (AvgIpc) is 3.19. The van der Waals surface area contributed by atoms with Gasteiger partial charge in [0.1, 0.15) is 0 Å². The lowest BCUT2D eigenvalue weighted by Gasteiger charge is -2.25. The Morgan fingerprint density at radius 1 is 1.00 bits per heavy atom. The van der Waals surface area contributed by atoms with E-state index in [1.807, 2.05) is 36.7 Å². The van der Waals surface area contributed by atoms with Gasteiger partial charge in [-0.2, -0.15) is 5.10 Å². The number of hydrogen-bond acceptors (Lipinski definition) is 3. The van der Waals surface area contributed by atoms with Gasteiger partial charge in [0, 0.05) is 11.6 Å². The summed E-state index contributed by atoms with van der Waals surface area (Å²) in [6, 6.07) is 12.4. The highest BCUT2D eigenvalue weighted by molar-refractivity contribution is 6.06. The number of benzene rings is 2. The topological polar surface area (TPSA) is 59.0 Å². The van der Waals surface area contributed by atoms with Gasteiger partial charge in [-0.25, -0.2) is 4.68 Å². The van der Waals surface area contributed by atoms with Crippen molar-refractivity contribution >= 4 is 24.0 Å². The number of piperidine rings is 1. The van der Waals surface area contributed by atoms with Crippen LogP contribution in [-0.2, 0) is 0 Å². The molecule has 164 valence electrons. The molecule has 0 radical (unpaired) electrons. The second-order valence-electron chi connectivity index (χ2n) is 8.37. The third-order valence-electron chi connectivity index (χ3n) is 6.23. The molecule has 3 aromatic rings. The van der Waals surface area contributed by atoms with Gasteiger partial charge in [0.2, 0.25) is 0 Å². The van der Waals surface area contributed by atoms with Crippen LogP contribution in [0, 0.1) is 27.7 Å². The predicted octanol–water partition coefficient (Wildman–Crippen LogP) is 5.25. The molecule has 0 spiro atoms. The molecule has 0 unspecified atom stereocenters. The quantitative estimate of drug-likeness (QED) is 0.585. The number of carbonyl (C=O) groups is 1. The van der Waals surface area contributed by atoms with E-state index in [-0.39, 0.29) is 18.3 Å². The molecule has 1 amide bonds. The first-order chi connectivity index (χ1) is 14.5. The van der Waals surface area contributed by atoms with Crippen LogP contribution in [0.4, 0.5) is 5.69 Å². The van der Waals surface area contributed by atoms with E-state index in [0.717, 1.165) is 54.1 Å². The van der Waals surface area contributed by atoms with Crippen LogP contribution in [0.25, 0.3) is 5.69 Å². The Balaban J connectivity index is 0.00000272. The summed E-state index contributed by atoms with van der Waals surface area (Å²) in [6.45, 7) is 10.2. The van der Waals surface area contributed by atoms with Crippen LogP contribution in [0.3, 0.4) is 0 Å². The molecule has 2 aromatic carbocycles. The second kappa shape index (κ2) is 9.67. The predicted molar refractivity (Wildman–Crippen MR) is 129 cm³/mol. The van der Waals surface area contributed by atoms with Crippen molar-refractivity contribution in [2.24, 2.45) is 0 Å². The number of amides is 1. The minimum atomic E-state index is -0.0870. The van der Waals surface area contributed by atoms with Gasteiger partial charge >= 0.3 is 0 Å². The number of carbonyl (C=O) groups excluding carboxylic acids is 1. The highest BCUT2D eigenvalue weighted by Crippen LogP contribution is 2.31. The number of aromatic nitrogens is 2. The molecule has 5 nitrogen and oxygen atoms in total. The first kappa shape index (κ1) is 23.0. The maximum absolute atomic E-state index is 13.4. The third-order valence-corrected chi connectivity index (χ3v) is 6.23. The van der Waals surface area contributed by atoms with Crippen molar-refractivity contribution in [3.63, 3.8) is 0 Å². The number of anilines is 1. The van der Waals surface area contributed by atoms with Gasteiger partial charge in [0.05, 0.1) is 23.1 Å². The Hall–Kier alpha value is -2.63. The molecule has 1 fully saturated rings. The van der Waals surface area contributed by atoms with Gasteiger partial charge in [-0.05, 0) is 88.0 Å². The Bertz CT molecular complexity index is 1060. The van der Waals surface area contributed by atoms with E-state index >= 15 is 0 Å². The largest absolute Gasteiger partial charge is 0.321 e. The third kappa shape index (κ3) is 4.68. The molecular weight excluding hydrogens is 408 g/mol. The molecule has 0 atom stereocenters. The lowest BCUT2D eigenvalue weighted by molar-refractivity contribution is 0.102. The van der Waals surface area contributed by atoms with Crippen molar-refractivity contribution in [2.45, 2.75) is 46.5 Å². The van der Waals surface area contributed by atoms with Crippen molar-refractivity contribution in [3.05, 3.63) is 76.1 Å². The zero-order chi connectivity index (χ0) is 21.3. The summed E-state index contributed by atoms with van der Waals surface area (Å²) in [7, 11) is 0. The fourth-order valence-corrected chi connectivity index (χ4v) is 4.28. The number of nitrogens with zero attached hydrogens (tertiary/aromatic N) is 2. The summed E-state index contributed by atoms with van der Waals surface area (Å²) < 4.78 is 1.97. The second-order valence-corrected chi connectivity index (χ2v) is 8.37. The maximum atomic E-state index is 13.4. The molecule has 1 aliphatic rings. The molecule has 0 bridgehead atoms. The van der Waals surface area contributed by atoms with Crippen LogP contribution in [-0.4, -0.2) is 28.8 Å². The summed E-state index contributed by atoms with van der Waals surface area (Å²) in [4.78, 5) is 13.4. The molecule has 1 saturated heterocycles. The molecule has 1 aliphatic heterocycles. The van der Waals surface area contributed by atoms with E-state index in [9.17, 15) is 4.79 Å². The Labute approximate surface area is 190 Å². The zero-order valence-corrected chi connectivity index (χ0v) is 19.5. The van der Waals surface area contributed by atoms with E-state index in [0.29, 0.717) is 11.5 Å². The molecule has 2 N–H and O–H groups in total. The van der Waals surface area contributed by atoms with Crippen LogP contribution in [0.1, 0.15) is 57.1 Å². The first-order valence-electron chi connectivity index (χ1n) is 10.7. The first-order valence-corrected chi connectivity index (χ1v) is 10.7. The van der Waals surface area contributed by atoms with Gasteiger partial charge in [-0.15, -0.1) is 12.4 Å². The van der Waals surface area contributed by atoms with Crippen LogP contribution in [0.2, 0.25) is 0 Å². The number of aryl methyl sites for hydroxylation is 4. The van der Waals surface area contributed by atoms with Gasteiger partial charge in [-0.1, -0.05) is 24.3 Å². The summed E-state index contributed by atoms with van der Waals surface area (Å²) in [5, 5.41) is 11.3. The fourth-order valence-electron chi connectivity index (χ4n) is 4.28. The molecule has 1 aromatic heterocycles. The van der Waals surface area contributed by atoms with E-state index in [1.165, 1.54) is 11.1 Å². The molecule has 2 heterocycles. The lowest BCUT2D eigenvalue weighted by atomic mass is 9.91. The van der Waals surface area contributed by atoms with E-state index in [1.54, 1.807) is 6.20 Å². The van der Waals surface area contributed by atoms with Gasteiger partial charge in [0.25, 0.3) is 5.91 Å². The van der Waals surface area contributed by atoms with E-state index in [4.69, 9.17) is 0 Å². The van der Waals surface area contributed by atoms with Crippen molar-refractivity contribution in [1.82, 2.24) is 15.1 Å². The van der Waals surface area contributed by atoms with Gasteiger partial charge < -0.3 is 10.6 Å². The molecule has 0 saturated carbocycles. The standard InChI is InChI=1S/C25H30N4O.ClH/c1-16-8-9-21(14-19(16)4)29-24(20-10-12-26-13-11-20)22(15-27-29)25(30)28-23-17(2)6-5-7-18(23)3;/h5-9,14-15,20,26H,10-13H2,1-4H3,(H,28,30);1H. The fraction of sp³-hybridized carbons (Fsp3) is 0.360. The smallest absolute Gasteiger partial charge is 0.259 e. The van der Waals surface area contributed by atoms with Crippen molar-refractivity contribution in [2.75, 3.05) is 18.4 Å². The van der Waals surface area contributed by atoms with Gasteiger partial charge in [0.15, 0.2) is 0 Å². The highest BCUT2D eigenvalue weighted by atomic mass is 35.5. The summed E-state index contributed by atoms with van der Waals surface area (Å²) in [5.41, 5.74) is 8.19. The Kier molecular flexibility index (Phi) is 7.19. The van der Waals surface area contributed by atoms with Crippen molar-refractivity contribution in [1.29, 1.82) is 0 Å². The number of para-hydroxylation sites is 1. The van der Waals surface area contributed by atoms with Gasteiger partial charge in [-0.3, -0.25) is 4.79 Å². The normalized spacial score (nSPS) is 14.2. The lowest BCUT2D eigenvalue weighted by Crippen LogP contribution is -2.29.